The summed E-state index contributed by atoms with van der Waals surface area (Å²) in [7, 11) is 0. The Morgan fingerprint density at radius 3 is 2.61 bits per heavy atom. The third kappa shape index (κ3) is 4.30. The Labute approximate surface area is 165 Å². The highest BCUT2D eigenvalue weighted by atomic mass is 16.3. The SMILES string of the molecule is CCCCCN1C(=O)C(O)=C(C(=O)CCc2ccccc2)C1c1cccnc1. The van der Waals surface area contributed by atoms with Crippen LogP contribution in [0.1, 0.15) is 49.8 Å². The lowest BCUT2D eigenvalue weighted by Crippen LogP contribution is -2.32. The van der Waals surface area contributed by atoms with Gasteiger partial charge in [-0.15, -0.1) is 0 Å². The first-order chi connectivity index (χ1) is 13.6. The van der Waals surface area contributed by atoms with Gasteiger partial charge < -0.3 is 10.0 Å². The lowest BCUT2D eigenvalue weighted by Gasteiger charge is -2.26. The Bertz CT molecular complexity index is 847. The topological polar surface area (TPSA) is 70.5 Å². The number of aliphatic hydroxyl groups excluding tert-OH is 1. The van der Waals surface area contributed by atoms with Gasteiger partial charge in [-0.05, 0) is 30.0 Å². The summed E-state index contributed by atoms with van der Waals surface area (Å²) in [6.45, 7) is 2.60. The number of rotatable bonds is 9. The van der Waals surface area contributed by atoms with Crippen molar-refractivity contribution in [2.75, 3.05) is 6.54 Å². The van der Waals surface area contributed by atoms with Crippen LogP contribution < -0.4 is 0 Å². The summed E-state index contributed by atoms with van der Waals surface area (Å²) in [6.07, 6.45) is 6.98. The number of ketones is 1. The number of nitrogens with zero attached hydrogens (tertiary/aromatic N) is 2. The monoisotopic (exact) mass is 378 g/mol. The molecule has 5 nitrogen and oxygen atoms in total. The van der Waals surface area contributed by atoms with Crippen LogP contribution in [0.25, 0.3) is 0 Å². The Morgan fingerprint density at radius 1 is 1.14 bits per heavy atom. The predicted molar refractivity (Wildman–Crippen MR) is 108 cm³/mol. The third-order valence-electron chi connectivity index (χ3n) is 5.09. The molecule has 1 atom stereocenters. The molecular formula is C23H26N2O3. The van der Waals surface area contributed by atoms with Crippen LogP contribution in [0.5, 0.6) is 0 Å². The first-order valence-corrected chi connectivity index (χ1v) is 9.84. The second kappa shape index (κ2) is 9.31. The van der Waals surface area contributed by atoms with Crippen molar-refractivity contribution in [3.05, 3.63) is 77.3 Å². The lowest BCUT2D eigenvalue weighted by molar-refractivity contribution is -0.129. The smallest absolute Gasteiger partial charge is 0.290 e. The molecule has 0 radical (unpaired) electrons. The van der Waals surface area contributed by atoms with E-state index in [4.69, 9.17) is 0 Å². The molecular weight excluding hydrogens is 352 g/mol. The highest BCUT2D eigenvalue weighted by Gasteiger charge is 2.42. The summed E-state index contributed by atoms with van der Waals surface area (Å²) < 4.78 is 0. The second-order valence-corrected chi connectivity index (χ2v) is 7.07. The van der Waals surface area contributed by atoms with Crippen molar-refractivity contribution in [1.82, 2.24) is 9.88 Å². The van der Waals surface area contributed by atoms with Crippen molar-refractivity contribution in [2.24, 2.45) is 0 Å². The molecule has 2 aromatic rings. The van der Waals surface area contributed by atoms with Gasteiger partial charge in [0.15, 0.2) is 11.5 Å². The third-order valence-corrected chi connectivity index (χ3v) is 5.09. The minimum absolute atomic E-state index is 0.193. The second-order valence-electron chi connectivity index (χ2n) is 7.07. The summed E-state index contributed by atoms with van der Waals surface area (Å²) in [4.78, 5) is 31.5. The molecule has 0 saturated carbocycles. The van der Waals surface area contributed by atoms with E-state index < -0.39 is 17.7 Å². The van der Waals surface area contributed by atoms with Gasteiger partial charge in [0.05, 0.1) is 11.6 Å². The summed E-state index contributed by atoms with van der Waals surface area (Å²) in [5, 5.41) is 10.5. The van der Waals surface area contributed by atoms with E-state index in [0.29, 0.717) is 13.0 Å². The van der Waals surface area contributed by atoms with Crippen LogP contribution in [0.4, 0.5) is 0 Å². The van der Waals surface area contributed by atoms with Gasteiger partial charge in [-0.3, -0.25) is 14.6 Å². The van der Waals surface area contributed by atoms with E-state index in [9.17, 15) is 14.7 Å². The molecule has 1 aromatic heterocycles. The van der Waals surface area contributed by atoms with Crippen molar-refractivity contribution >= 4 is 11.7 Å². The van der Waals surface area contributed by atoms with Crippen molar-refractivity contribution in [2.45, 2.75) is 45.1 Å². The average Bonchev–Trinajstić information content (AvgIpc) is 2.98. The number of aliphatic hydroxyl groups is 1. The first-order valence-electron chi connectivity index (χ1n) is 9.84. The van der Waals surface area contributed by atoms with Crippen LogP contribution in [0.15, 0.2) is 66.2 Å². The molecule has 1 unspecified atom stereocenters. The van der Waals surface area contributed by atoms with Gasteiger partial charge >= 0.3 is 0 Å². The number of hydrogen-bond donors (Lipinski definition) is 1. The number of carbonyl (C=O) groups excluding carboxylic acids is 2. The van der Waals surface area contributed by atoms with Gasteiger partial charge in [0.2, 0.25) is 0 Å². The molecule has 0 bridgehead atoms. The largest absolute Gasteiger partial charge is 0.503 e. The summed E-state index contributed by atoms with van der Waals surface area (Å²) >= 11 is 0. The molecule has 1 aliphatic rings. The number of aryl methyl sites for hydroxylation is 1. The maximum atomic E-state index is 13.0. The molecule has 1 N–H and O–H groups in total. The zero-order chi connectivity index (χ0) is 19.9. The normalized spacial score (nSPS) is 16.7. The van der Waals surface area contributed by atoms with Gasteiger partial charge in [-0.25, -0.2) is 0 Å². The number of pyridine rings is 1. The van der Waals surface area contributed by atoms with E-state index >= 15 is 0 Å². The number of amides is 1. The number of carbonyl (C=O) groups is 2. The zero-order valence-electron chi connectivity index (χ0n) is 16.2. The van der Waals surface area contributed by atoms with Crippen LogP contribution in [-0.2, 0) is 16.0 Å². The van der Waals surface area contributed by atoms with E-state index in [1.54, 1.807) is 23.4 Å². The maximum absolute atomic E-state index is 13.0. The lowest BCUT2D eigenvalue weighted by atomic mass is 9.94. The molecule has 2 heterocycles. The van der Waals surface area contributed by atoms with Gasteiger partial charge in [-0.2, -0.15) is 0 Å². The summed E-state index contributed by atoms with van der Waals surface area (Å²) in [6, 6.07) is 12.8. The average molecular weight is 378 g/mol. The molecule has 28 heavy (non-hydrogen) atoms. The van der Waals surface area contributed by atoms with Crippen LogP contribution in [0, 0.1) is 0 Å². The fraction of sp³-hybridized carbons (Fsp3) is 0.348. The Kier molecular flexibility index (Phi) is 6.58. The molecule has 5 heteroatoms. The van der Waals surface area contributed by atoms with Gasteiger partial charge in [0.1, 0.15) is 0 Å². The molecule has 3 rings (SSSR count). The highest BCUT2D eigenvalue weighted by molar-refractivity contribution is 6.09. The molecule has 0 saturated heterocycles. The number of unbranched alkanes of at least 4 members (excludes halogenated alkanes) is 2. The number of aromatic nitrogens is 1. The molecule has 1 aliphatic heterocycles. The van der Waals surface area contributed by atoms with Crippen molar-refractivity contribution < 1.29 is 14.7 Å². The van der Waals surface area contributed by atoms with Crippen LogP contribution in [-0.4, -0.2) is 33.2 Å². The molecule has 1 aromatic carbocycles. The number of hydrogen-bond acceptors (Lipinski definition) is 4. The quantitative estimate of drug-likeness (QED) is 0.665. The molecule has 146 valence electrons. The molecule has 0 spiro atoms. The molecule has 0 aliphatic carbocycles. The van der Waals surface area contributed by atoms with E-state index in [1.807, 2.05) is 36.4 Å². The molecule has 0 fully saturated rings. The maximum Gasteiger partial charge on any atom is 0.290 e. The van der Waals surface area contributed by atoms with Crippen molar-refractivity contribution in [3.8, 4) is 0 Å². The Balaban J connectivity index is 1.85. The first kappa shape index (κ1) is 19.8. The highest BCUT2D eigenvalue weighted by Crippen LogP contribution is 2.38. The van der Waals surface area contributed by atoms with E-state index in [2.05, 4.69) is 11.9 Å². The minimum Gasteiger partial charge on any atom is -0.503 e. The van der Waals surface area contributed by atoms with Crippen LogP contribution in [0.3, 0.4) is 0 Å². The fourth-order valence-electron chi connectivity index (χ4n) is 3.62. The van der Waals surface area contributed by atoms with Gasteiger partial charge in [-0.1, -0.05) is 56.2 Å². The van der Waals surface area contributed by atoms with Crippen molar-refractivity contribution in [3.63, 3.8) is 0 Å². The Morgan fingerprint density at radius 2 is 1.93 bits per heavy atom. The standard InChI is InChI=1S/C23H26N2O3/c1-2-3-7-15-25-21(18-11-8-14-24-16-18)20(22(27)23(25)28)19(26)13-12-17-9-5-4-6-10-17/h4-6,8-11,14,16,21,27H,2-3,7,12-13,15H2,1H3. The number of benzene rings is 1. The van der Waals surface area contributed by atoms with E-state index in [0.717, 1.165) is 30.4 Å². The summed E-state index contributed by atoms with van der Waals surface area (Å²) in [5.41, 5.74) is 2.00. The van der Waals surface area contributed by atoms with Crippen LogP contribution in [0.2, 0.25) is 0 Å². The fourth-order valence-corrected chi connectivity index (χ4v) is 3.62. The van der Waals surface area contributed by atoms with E-state index in [1.165, 1.54) is 0 Å². The van der Waals surface area contributed by atoms with E-state index in [-0.39, 0.29) is 17.8 Å². The van der Waals surface area contributed by atoms with Crippen molar-refractivity contribution in [1.29, 1.82) is 0 Å². The minimum atomic E-state index is -0.568. The number of Topliss-reactive ketones (excluding diaryl/α,β-unsaturated/α-hetero) is 1. The summed E-state index contributed by atoms with van der Waals surface area (Å²) in [5.74, 6) is -1.07. The molecule has 1 amide bonds. The zero-order valence-corrected chi connectivity index (χ0v) is 16.2. The van der Waals surface area contributed by atoms with Gasteiger partial charge in [0, 0.05) is 25.4 Å². The van der Waals surface area contributed by atoms with Gasteiger partial charge in [0.25, 0.3) is 5.91 Å². The Hall–Kier alpha value is -2.95. The predicted octanol–water partition coefficient (Wildman–Crippen LogP) is 4.17. The van der Waals surface area contributed by atoms with Crippen LogP contribution >= 0.6 is 0 Å².